The van der Waals surface area contributed by atoms with Crippen molar-refractivity contribution in [3.63, 3.8) is 0 Å². The number of methoxy groups -OCH3 is 1. The zero-order chi connectivity index (χ0) is 18.3. The molecule has 0 saturated carbocycles. The number of ether oxygens (including phenoxy) is 1. The molecule has 0 unspecified atom stereocenters. The van der Waals surface area contributed by atoms with Crippen molar-refractivity contribution in [1.82, 2.24) is 14.4 Å². The van der Waals surface area contributed by atoms with Gasteiger partial charge in [0.1, 0.15) is 17.1 Å². The Bertz CT molecular complexity index is 1080. The van der Waals surface area contributed by atoms with Crippen LogP contribution < -0.4 is 10.1 Å². The Hall–Kier alpha value is -1.90. The summed E-state index contributed by atoms with van der Waals surface area (Å²) >= 11 is 8.70. The molecule has 0 aliphatic carbocycles. The van der Waals surface area contributed by atoms with E-state index in [0.717, 1.165) is 48.2 Å². The van der Waals surface area contributed by atoms with Gasteiger partial charge in [-0.2, -0.15) is 0 Å². The molecule has 3 aromatic heterocycles. The summed E-state index contributed by atoms with van der Waals surface area (Å²) in [6, 6.07) is 9.80. The first-order valence-electron chi connectivity index (χ1n) is 7.76. The third kappa shape index (κ3) is 3.13. The first-order chi connectivity index (χ1) is 12.6. The number of benzene rings is 1. The Labute approximate surface area is 171 Å². The number of pyridine rings is 1. The van der Waals surface area contributed by atoms with Gasteiger partial charge in [-0.15, -0.1) is 11.3 Å². The van der Waals surface area contributed by atoms with Gasteiger partial charge in [0.2, 0.25) is 0 Å². The third-order valence-corrected chi connectivity index (χ3v) is 5.94. The minimum Gasteiger partial charge on any atom is -0.497 e. The molecular weight excluding hydrogens is 480 g/mol. The SMILES string of the molecule is COc1cc(Br)c(Nc2nc(-c3c(C)nc4ccccn34)cs2)c(Br)c1. The van der Waals surface area contributed by atoms with Crippen LogP contribution in [0, 0.1) is 6.92 Å². The van der Waals surface area contributed by atoms with Crippen LogP contribution >= 0.6 is 43.2 Å². The quantitative estimate of drug-likeness (QED) is 0.376. The highest BCUT2D eigenvalue weighted by Crippen LogP contribution is 2.38. The summed E-state index contributed by atoms with van der Waals surface area (Å²) < 4.78 is 9.13. The van der Waals surface area contributed by atoms with Gasteiger partial charge in [-0.1, -0.05) is 6.07 Å². The number of nitrogens with one attached hydrogen (secondary N) is 1. The maximum absolute atomic E-state index is 5.28. The van der Waals surface area contributed by atoms with Crippen LogP contribution in [-0.2, 0) is 0 Å². The van der Waals surface area contributed by atoms with E-state index in [1.807, 2.05) is 48.8 Å². The molecule has 0 atom stereocenters. The highest BCUT2D eigenvalue weighted by Gasteiger charge is 2.15. The Morgan fingerprint density at radius 3 is 2.65 bits per heavy atom. The lowest BCUT2D eigenvalue weighted by Gasteiger charge is -2.10. The fraction of sp³-hybridized carbons (Fsp3) is 0.111. The standard InChI is InChI=1S/C18H14Br2N4OS/c1-10-17(24-6-4-3-5-15(24)21-10)14-9-26-18(22-14)23-16-12(19)7-11(25-2)8-13(16)20/h3-9H,1-2H3,(H,22,23). The topological polar surface area (TPSA) is 51.5 Å². The molecule has 0 spiro atoms. The van der Waals surface area contributed by atoms with E-state index >= 15 is 0 Å². The first kappa shape index (κ1) is 17.5. The minimum atomic E-state index is 0.774. The number of hydrogen-bond acceptors (Lipinski definition) is 5. The maximum Gasteiger partial charge on any atom is 0.187 e. The van der Waals surface area contributed by atoms with E-state index in [-0.39, 0.29) is 0 Å². The lowest BCUT2D eigenvalue weighted by Crippen LogP contribution is -1.94. The van der Waals surface area contributed by atoms with Gasteiger partial charge in [0.25, 0.3) is 0 Å². The summed E-state index contributed by atoms with van der Waals surface area (Å²) in [4.78, 5) is 9.37. The Kier molecular flexibility index (Phi) is 4.73. The molecule has 3 heterocycles. The second kappa shape index (κ2) is 7.02. The summed E-state index contributed by atoms with van der Waals surface area (Å²) in [5.41, 5.74) is 4.69. The number of fused-ring (bicyclic) bond motifs is 1. The van der Waals surface area contributed by atoms with Gasteiger partial charge in [0, 0.05) is 20.5 Å². The molecule has 5 nitrogen and oxygen atoms in total. The number of aromatic nitrogens is 3. The summed E-state index contributed by atoms with van der Waals surface area (Å²) in [6.45, 7) is 2.01. The van der Waals surface area contributed by atoms with E-state index in [4.69, 9.17) is 9.72 Å². The van der Waals surface area contributed by atoms with Gasteiger partial charge in [-0.05, 0) is 63.0 Å². The van der Waals surface area contributed by atoms with Gasteiger partial charge >= 0.3 is 0 Å². The molecule has 0 aliphatic rings. The van der Waals surface area contributed by atoms with E-state index in [2.05, 4.69) is 46.6 Å². The van der Waals surface area contributed by atoms with Crippen LogP contribution in [0.15, 0.2) is 50.9 Å². The molecular formula is C18H14Br2N4OS. The van der Waals surface area contributed by atoms with Crippen molar-refractivity contribution < 1.29 is 4.74 Å². The van der Waals surface area contributed by atoms with E-state index in [0.29, 0.717) is 0 Å². The first-order valence-corrected chi connectivity index (χ1v) is 10.2. The Morgan fingerprint density at radius 1 is 1.15 bits per heavy atom. The molecule has 8 heteroatoms. The average Bonchev–Trinajstić information content (AvgIpc) is 3.20. The molecule has 0 aliphatic heterocycles. The van der Waals surface area contributed by atoms with E-state index in [1.54, 1.807) is 18.4 Å². The number of aryl methyl sites for hydroxylation is 1. The van der Waals surface area contributed by atoms with Crippen molar-refractivity contribution in [1.29, 1.82) is 0 Å². The van der Waals surface area contributed by atoms with E-state index in [9.17, 15) is 0 Å². The predicted octanol–water partition coefficient (Wildman–Crippen LogP) is 6.04. The Balaban J connectivity index is 1.70. The molecule has 0 fully saturated rings. The molecule has 0 saturated heterocycles. The molecule has 1 N–H and O–H groups in total. The van der Waals surface area contributed by atoms with Crippen LogP contribution in [0.3, 0.4) is 0 Å². The predicted molar refractivity (Wildman–Crippen MR) is 113 cm³/mol. The van der Waals surface area contributed by atoms with Crippen LogP contribution in [-0.4, -0.2) is 21.5 Å². The van der Waals surface area contributed by atoms with Crippen molar-refractivity contribution in [2.75, 3.05) is 12.4 Å². The average molecular weight is 494 g/mol. The molecule has 4 rings (SSSR count). The molecule has 4 aromatic rings. The molecule has 0 bridgehead atoms. The fourth-order valence-electron chi connectivity index (χ4n) is 2.76. The fourth-order valence-corrected chi connectivity index (χ4v) is 4.80. The summed E-state index contributed by atoms with van der Waals surface area (Å²) in [5.74, 6) is 0.774. The maximum atomic E-state index is 5.28. The van der Waals surface area contributed by atoms with Crippen LogP contribution in [0.25, 0.3) is 17.0 Å². The Morgan fingerprint density at radius 2 is 1.92 bits per heavy atom. The number of hydrogen-bond donors (Lipinski definition) is 1. The van der Waals surface area contributed by atoms with Crippen LogP contribution in [0.5, 0.6) is 5.75 Å². The lowest BCUT2D eigenvalue weighted by atomic mass is 10.3. The molecule has 0 amide bonds. The minimum absolute atomic E-state index is 0.774. The van der Waals surface area contributed by atoms with Gasteiger partial charge in [-0.25, -0.2) is 9.97 Å². The van der Waals surface area contributed by atoms with E-state index < -0.39 is 0 Å². The number of anilines is 2. The van der Waals surface area contributed by atoms with Gasteiger partial charge in [0.05, 0.1) is 24.2 Å². The summed E-state index contributed by atoms with van der Waals surface area (Å²) in [6.07, 6.45) is 2.01. The van der Waals surface area contributed by atoms with Crippen molar-refractivity contribution in [3.8, 4) is 17.1 Å². The molecule has 1 aromatic carbocycles. The second-order valence-corrected chi connectivity index (χ2v) is 8.17. The van der Waals surface area contributed by atoms with E-state index in [1.165, 1.54) is 0 Å². The molecule has 26 heavy (non-hydrogen) atoms. The third-order valence-electron chi connectivity index (χ3n) is 3.93. The van der Waals surface area contributed by atoms with Gasteiger partial charge in [-0.3, -0.25) is 4.40 Å². The van der Waals surface area contributed by atoms with Crippen LogP contribution in [0.4, 0.5) is 10.8 Å². The van der Waals surface area contributed by atoms with Crippen LogP contribution in [0.1, 0.15) is 5.69 Å². The molecule has 0 radical (unpaired) electrons. The van der Waals surface area contributed by atoms with Crippen molar-refractivity contribution in [2.24, 2.45) is 0 Å². The molecule has 132 valence electrons. The van der Waals surface area contributed by atoms with Crippen molar-refractivity contribution in [3.05, 3.63) is 56.5 Å². The smallest absolute Gasteiger partial charge is 0.187 e. The highest BCUT2D eigenvalue weighted by atomic mass is 79.9. The van der Waals surface area contributed by atoms with Gasteiger partial charge in [0.15, 0.2) is 5.13 Å². The number of rotatable bonds is 4. The lowest BCUT2D eigenvalue weighted by molar-refractivity contribution is 0.414. The number of thiazole rings is 1. The van der Waals surface area contributed by atoms with Crippen molar-refractivity contribution in [2.45, 2.75) is 6.92 Å². The number of nitrogens with zero attached hydrogens (tertiary/aromatic N) is 3. The second-order valence-electron chi connectivity index (χ2n) is 5.60. The normalized spacial score (nSPS) is 11.1. The van der Waals surface area contributed by atoms with Gasteiger partial charge < -0.3 is 10.1 Å². The summed E-state index contributed by atoms with van der Waals surface area (Å²) in [5, 5.41) is 6.21. The summed E-state index contributed by atoms with van der Waals surface area (Å²) in [7, 11) is 1.65. The van der Waals surface area contributed by atoms with Crippen LogP contribution in [0.2, 0.25) is 0 Å². The number of imidazole rings is 1. The highest BCUT2D eigenvalue weighted by molar-refractivity contribution is 9.11. The number of halogens is 2. The zero-order valence-corrected chi connectivity index (χ0v) is 17.9. The largest absolute Gasteiger partial charge is 0.497 e. The monoisotopic (exact) mass is 492 g/mol. The zero-order valence-electron chi connectivity index (χ0n) is 14.0. The van der Waals surface area contributed by atoms with Crippen molar-refractivity contribution >= 4 is 59.7 Å².